The summed E-state index contributed by atoms with van der Waals surface area (Å²) in [5.74, 6) is 0. The van der Waals surface area contributed by atoms with Gasteiger partial charge in [-0.1, -0.05) is 12.1 Å². The van der Waals surface area contributed by atoms with Crippen molar-refractivity contribution in [1.82, 2.24) is 0 Å². The van der Waals surface area contributed by atoms with Crippen LogP contribution in [0.15, 0.2) is 24.3 Å². The maximum Gasteiger partial charge on any atom is 0.416 e. The van der Waals surface area contributed by atoms with Gasteiger partial charge in [0.25, 0.3) is 0 Å². The largest absolute Gasteiger partial charge is 0.416 e. The number of alkyl halides is 4. The van der Waals surface area contributed by atoms with E-state index in [9.17, 15) is 17.6 Å². The van der Waals surface area contributed by atoms with Crippen LogP contribution in [0.1, 0.15) is 36.8 Å². The third kappa shape index (κ3) is 2.66. The monoisotopic (exact) mass is 261 g/mol. The molecule has 0 heterocycles. The van der Waals surface area contributed by atoms with Gasteiger partial charge in [0.1, 0.15) is 5.67 Å². The molecule has 0 bridgehead atoms. The van der Waals surface area contributed by atoms with E-state index in [1.807, 2.05) is 0 Å². The molecule has 1 aromatic rings. The normalized spacial score (nSPS) is 29.3. The van der Waals surface area contributed by atoms with E-state index in [4.69, 9.17) is 5.73 Å². The molecule has 1 nitrogen and oxygen atoms in total. The van der Waals surface area contributed by atoms with Crippen LogP contribution in [0.2, 0.25) is 0 Å². The van der Waals surface area contributed by atoms with Gasteiger partial charge in [0.15, 0.2) is 0 Å². The molecule has 2 rings (SSSR count). The Bertz CT molecular complexity index is 429. The molecule has 1 aliphatic carbocycles. The molecule has 0 amide bonds. The fourth-order valence-electron chi connectivity index (χ4n) is 2.50. The first kappa shape index (κ1) is 13.3. The molecule has 0 aliphatic heterocycles. The molecular weight excluding hydrogens is 246 g/mol. The summed E-state index contributed by atoms with van der Waals surface area (Å²) in [7, 11) is 0. The van der Waals surface area contributed by atoms with E-state index in [2.05, 4.69) is 0 Å². The van der Waals surface area contributed by atoms with Gasteiger partial charge in [-0.3, -0.25) is 0 Å². The standard InChI is InChI=1S/C13H15F4N/c14-12(6-2-5-11(18)8-12)9-3-1-4-10(7-9)13(15,16)17/h1,3-4,7,11H,2,5-6,8,18H2. The van der Waals surface area contributed by atoms with Crippen molar-refractivity contribution in [3.8, 4) is 0 Å². The molecule has 5 heteroatoms. The highest BCUT2D eigenvalue weighted by Crippen LogP contribution is 2.42. The average molecular weight is 261 g/mol. The fourth-order valence-corrected chi connectivity index (χ4v) is 2.50. The van der Waals surface area contributed by atoms with E-state index in [1.165, 1.54) is 12.1 Å². The van der Waals surface area contributed by atoms with Crippen LogP contribution in [0.3, 0.4) is 0 Å². The highest BCUT2D eigenvalue weighted by molar-refractivity contribution is 5.30. The average Bonchev–Trinajstić information content (AvgIpc) is 2.28. The van der Waals surface area contributed by atoms with Gasteiger partial charge in [0.2, 0.25) is 0 Å². The van der Waals surface area contributed by atoms with Gasteiger partial charge >= 0.3 is 6.18 Å². The molecule has 2 unspecified atom stereocenters. The second-order valence-electron chi connectivity index (χ2n) is 4.90. The summed E-state index contributed by atoms with van der Waals surface area (Å²) in [6, 6.07) is 4.24. The molecule has 0 spiro atoms. The number of rotatable bonds is 1. The lowest BCUT2D eigenvalue weighted by Crippen LogP contribution is -2.36. The van der Waals surface area contributed by atoms with Crippen LogP contribution in [0.25, 0.3) is 0 Å². The van der Waals surface area contributed by atoms with Crippen molar-refractivity contribution in [2.45, 2.75) is 43.6 Å². The first-order valence-electron chi connectivity index (χ1n) is 5.93. The molecule has 2 atom stereocenters. The van der Waals surface area contributed by atoms with Crippen molar-refractivity contribution in [3.05, 3.63) is 35.4 Å². The van der Waals surface area contributed by atoms with Crippen molar-refractivity contribution < 1.29 is 17.6 Å². The molecule has 0 saturated heterocycles. The van der Waals surface area contributed by atoms with Gasteiger partial charge in [-0.05, 0) is 37.0 Å². The van der Waals surface area contributed by atoms with Gasteiger partial charge < -0.3 is 5.73 Å². The minimum atomic E-state index is -4.44. The Hall–Kier alpha value is -1.10. The minimum Gasteiger partial charge on any atom is -0.328 e. The van der Waals surface area contributed by atoms with Crippen LogP contribution >= 0.6 is 0 Å². The topological polar surface area (TPSA) is 26.0 Å². The molecule has 0 radical (unpaired) electrons. The van der Waals surface area contributed by atoms with Crippen molar-refractivity contribution in [2.24, 2.45) is 5.73 Å². The Morgan fingerprint density at radius 2 is 2.00 bits per heavy atom. The number of hydrogen-bond donors (Lipinski definition) is 1. The van der Waals surface area contributed by atoms with Crippen molar-refractivity contribution in [3.63, 3.8) is 0 Å². The van der Waals surface area contributed by atoms with Crippen LogP contribution in [0.5, 0.6) is 0 Å². The predicted molar refractivity (Wildman–Crippen MR) is 60.7 cm³/mol. The molecule has 1 fully saturated rings. The van der Waals surface area contributed by atoms with Crippen molar-refractivity contribution in [2.75, 3.05) is 0 Å². The number of benzene rings is 1. The lowest BCUT2D eigenvalue weighted by atomic mass is 9.78. The van der Waals surface area contributed by atoms with Crippen LogP contribution in [-0.2, 0) is 11.8 Å². The Kier molecular flexibility index (Phi) is 3.36. The van der Waals surface area contributed by atoms with Crippen LogP contribution in [0, 0.1) is 0 Å². The minimum absolute atomic E-state index is 0.0903. The smallest absolute Gasteiger partial charge is 0.328 e. The van der Waals surface area contributed by atoms with E-state index in [1.54, 1.807) is 0 Å². The van der Waals surface area contributed by atoms with Crippen LogP contribution < -0.4 is 5.73 Å². The quantitative estimate of drug-likeness (QED) is 0.765. The van der Waals surface area contributed by atoms with Gasteiger partial charge in [-0.2, -0.15) is 13.2 Å². The van der Waals surface area contributed by atoms with Crippen molar-refractivity contribution >= 4 is 0 Å². The molecule has 18 heavy (non-hydrogen) atoms. The predicted octanol–water partition coefficient (Wildman–Crippen LogP) is 3.77. The number of halogens is 4. The van der Waals surface area contributed by atoms with E-state index < -0.39 is 17.4 Å². The Balaban J connectivity index is 2.33. The molecule has 2 N–H and O–H groups in total. The van der Waals surface area contributed by atoms with Gasteiger partial charge in [-0.15, -0.1) is 0 Å². The summed E-state index contributed by atoms with van der Waals surface area (Å²) in [4.78, 5) is 0. The van der Waals surface area contributed by atoms with E-state index in [0.29, 0.717) is 6.42 Å². The SMILES string of the molecule is NC1CCCC(F)(c2cccc(C(F)(F)F)c2)C1. The summed E-state index contributed by atoms with van der Waals surface area (Å²) in [6.45, 7) is 0. The summed E-state index contributed by atoms with van der Waals surface area (Å²) in [6.07, 6.45) is -2.78. The number of hydrogen-bond acceptors (Lipinski definition) is 1. The molecule has 100 valence electrons. The Labute approximate surface area is 103 Å². The van der Waals surface area contributed by atoms with Crippen LogP contribution in [-0.4, -0.2) is 6.04 Å². The molecule has 1 saturated carbocycles. The lowest BCUT2D eigenvalue weighted by Gasteiger charge is -2.33. The summed E-state index contributed by atoms with van der Waals surface area (Å²) in [5.41, 5.74) is 3.27. The molecule has 0 aromatic heterocycles. The van der Waals surface area contributed by atoms with Crippen LogP contribution in [0.4, 0.5) is 17.6 Å². The third-order valence-electron chi connectivity index (χ3n) is 3.44. The lowest BCUT2D eigenvalue weighted by molar-refractivity contribution is -0.137. The maximum atomic E-state index is 14.7. The Morgan fingerprint density at radius 3 is 2.61 bits per heavy atom. The highest BCUT2D eigenvalue weighted by Gasteiger charge is 2.39. The second-order valence-corrected chi connectivity index (χ2v) is 4.90. The van der Waals surface area contributed by atoms with E-state index in [-0.39, 0.29) is 24.4 Å². The fraction of sp³-hybridized carbons (Fsp3) is 0.538. The van der Waals surface area contributed by atoms with Gasteiger partial charge in [-0.25, -0.2) is 4.39 Å². The molecule has 1 aliphatic rings. The Morgan fingerprint density at radius 1 is 1.28 bits per heavy atom. The van der Waals surface area contributed by atoms with Crippen molar-refractivity contribution in [1.29, 1.82) is 0 Å². The van der Waals surface area contributed by atoms with Gasteiger partial charge in [0.05, 0.1) is 5.56 Å². The van der Waals surface area contributed by atoms with Gasteiger partial charge in [0, 0.05) is 12.5 Å². The zero-order valence-electron chi connectivity index (χ0n) is 9.80. The first-order chi connectivity index (χ1) is 8.31. The van der Waals surface area contributed by atoms with E-state index in [0.717, 1.165) is 18.6 Å². The highest BCUT2D eigenvalue weighted by atomic mass is 19.4. The zero-order valence-corrected chi connectivity index (χ0v) is 9.80. The maximum absolute atomic E-state index is 14.7. The molecule has 1 aromatic carbocycles. The third-order valence-corrected chi connectivity index (χ3v) is 3.44. The summed E-state index contributed by atoms with van der Waals surface area (Å²) >= 11 is 0. The second kappa shape index (κ2) is 4.53. The molecular formula is C13H15F4N. The first-order valence-corrected chi connectivity index (χ1v) is 5.93. The van der Waals surface area contributed by atoms with E-state index >= 15 is 0 Å². The number of nitrogens with two attached hydrogens (primary N) is 1. The summed E-state index contributed by atoms with van der Waals surface area (Å²) in [5, 5.41) is 0. The zero-order chi connectivity index (χ0) is 13.4. The summed E-state index contributed by atoms with van der Waals surface area (Å²) < 4.78 is 52.4.